The van der Waals surface area contributed by atoms with Crippen LogP contribution in [0, 0.1) is 0 Å². The van der Waals surface area contributed by atoms with Crippen LogP contribution in [0.4, 0.5) is 0 Å². The first kappa shape index (κ1) is 23.0. The number of carbonyl (C=O) groups is 2. The van der Waals surface area contributed by atoms with Crippen molar-refractivity contribution in [2.45, 2.75) is 26.4 Å². The number of carbonyl (C=O) groups excluding carboxylic acids is 2. The molecular weight excluding hydrogens is 432 g/mol. The van der Waals surface area contributed by atoms with Gasteiger partial charge in [-0.1, -0.05) is 42.5 Å². The van der Waals surface area contributed by atoms with Crippen LogP contribution < -0.4 is 9.47 Å². The number of aliphatic hydroxyl groups is 1. The van der Waals surface area contributed by atoms with Gasteiger partial charge in [0.05, 0.1) is 24.8 Å². The average Bonchev–Trinajstić information content (AvgIpc) is 3.11. The third-order valence-electron chi connectivity index (χ3n) is 5.55. The molecule has 2 heterocycles. The molecule has 3 aromatic rings. The second-order valence-electron chi connectivity index (χ2n) is 7.73. The predicted molar refractivity (Wildman–Crippen MR) is 127 cm³/mol. The molecule has 34 heavy (non-hydrogen) atoms. The molecule has 1 amide bonds. The number of aliphatic hydroxyl groups excluding tert-OH is 1. The third-order valence-corrected chi connectivity index (χ3v) is 5.55. The first-order valence-electron chi connectivity index (χ1n) is 11.2. The van der Waals surface area contributed by atoms with Gasteiger partial charge in [0.25, 0.3) is 11.7 Å². The Labute approximate surface area is 198 Å². The summed E-state index contributed by atoms with van der Waals surface area (Å²) < 4.78 is 11.4. The summed E-state index contributed by atoms with van der Waals surface area (Å²) in [6.45, 7) is 4.79. The molecule has 2 aromatic carbocycles. The van der Waals surface area contributed by atoms with Crippen molar-refractivity contribution in [3.8, 4) is 11.5 Å². The van der Waals surface area contributed by atoms with E-state index in [-0.39, 0.29) is 17.9 Å². The highest BCUT2D eigenvalue weighted by Gasteiger charge is 2.46. The average molecular weight is 459 g/mol. The Bertz CT molecular complexity index is 1210. The number of hydrogen-bond acceptors (Lipinski definition) is 6. The standard InChI is InChI=1S/C27H26N2O5/c1-3-33-21-13-12-20(15-22(21)34-4-2)24-23(25(30)19-10-6-5-7-11-19)26(31)27(32)29(24)17-18-9-8-14-28-16-18/h5-16,24,30H,3-4,17H2,1-2H3/b25-23+/t24-/m1/s1. The molecule has 1 atom stereocenters. The minimum Gasteiger partial charge on any atom is -0.507 e. The van der Waals surface area contributed by atoms with Crippen molar-refractivity contribution in [2.24, 2.45) is 0 Å². The Balaban J connectivity index is 1.87. The number of likely N-dealkylation sites (tertiary alicyclic amines) is 1. The van der Waals surface area contributed by atoms with Crippen molar-refractivity contribution < 1.29 is 24.2 Å². The SMILES string of the molecule is CCOc1ccc([C@@H]2/C(=C(\O)c3ccccc3)C(=O)C(=O)N2Cc2cccnc2)cc1OCC. The molecule has 1 aromatic heterocycles. The van der Waals surface area contributed by atoms with Crippen LogP contribution in [0.15, 0.2) is 78.6 Å². The van der Waals surface area contributed by atoms with Gasteiger partial charge in [-0.05, 0) is 43.2 Å². The van der Waals surface area contributed by atoms with E-state index < -0.39 is 17.7 Å². The maximum atomic E-state index is 13.2. The summed E-state index contributed by atoms with van der Waals surface area (Å²) in [7, 11) is 0. The van der Waals surface area contributed by atoms with Gasteiger partial charge in [-0.2, -0.15) is 0 Å². The van der Waals surface area contributed by atoms with Gasteiger partial charge in [-0.15, -0.1) is 0 Å². The minimum atomic E-state index is -0.810. The molecule has 174 valence electrons. The van der Waals surface area contributed by atoms with Gasteiger partial charge in [-0.25, -0.2) is 0 Å². The van der Waals surface area contributed by atoms with E-state index in [9.17, 15) is 14.7 Å². The number of amides is 1. The number of pyridine rings is 1. The lowest BCUT2D eigenvalue weighted by molar-refractivity contribution is -0.140. The lowest BCUT2D eigenvalue weighted by Crippen LogP contribution is -2.29. The molecule has 1 aliphatic rings. The smallest absolute Gasteiger partial charge is 0.295 e. The van der Waals surface area contributed by atoms with E-state index >= 15 is 0 Å². The molecule has 0 saturated carbocycles. The number of ether oxygens (including phenoxy) is 2. The Morgan fingerprint density at radius 1 is 0.971 bits per heavy atom. The van der Waals surface area contributed by atoms with Crippen LogP contribution in [0.3, 0.4) is 0 Å². The molecule has 1 aliphatic heterocycles. The van der Waals surface area contributed by atoms with Crippen LogP contribution >= 0.6 is 0 Å². The number of hydrogen-bond donors (Lipinski definition) is 1. The van der Waals surface area contributed by atoms with Gasteiger partial charge in [0.15, 0.2) is 11.5 Å². The Morgan fingerprint density at radius 3 is 2.38 bits per heavy atom. The lowest BCUT2D eigenvalue weighted by atomic mass is 9.95. The first-order valence-corrected chi connectivity index (χ1v) is 11.2. The van der Waals surface area contributed by atoms with Gasteiger partial charge in [0.1, 0.15) is 5.76 Å². The highest BCUT2D eigenvalue weighted by atomic mass is 16.5. The Kier molecular flexibility index (Phi) is 6.92. The zero-order valence-electron chi connectivity index (χ0n) is 19.1. The number of aromatic nitrogens is 1. The van der Waals surface area contributed by atoms with E-state index in [2.05, 4.69) is 4.98 Å². The molecule has 0 aliphatic carbocycles. The normalized spacial score (nSPS) is 17.1. The molecule has 1 fully saturated rings. The van der Waals surface area contributed by atoms with E-state index in [0.29, 0.717) is 35.8 Å². The monoisotopic (exact) mass is 458 g/mol. The number of nitrogens with zero attached hydrogens (tertiary/aromatic N) is 2. The summed E-state index contributed by atoms with van der Waals surface area (Å²) in [5.74, 6) is -0.557. The molecule has 0 bridgehead atoms. The Hall–Kier alpha value is -4.13. The zero-order chi connectivity index (χ0) is 24.1. The van der Waals surface area contributed by atoms with E-state index in [1.165, 1.54) is 4.90 Å². The molecule has 4 rings (SSSR count). The largest absolute Gasteiger partial charge is 0.507 e. The van der Waals surface area contributed by atoms with Crippen molar-refractivity contribution in [1.82, 2.24) is 9.88 Å². The number of benzene rings is 2. The fourth-order valence-corrected chi connectivity index (χ4v) is 4.07. The van der Waals surface area contributed by atoms with Crippen LogP contribution in [0.5, 0.6) is 11.5 Å². The first-order chi connectivity index (χ1) is 16.5. The van der Waals surface area contributed by atoms with Crippen molar-refractivity contribution >= 4 is 17.4 Å². The van der Waals surface area contributed by atoms with E-state index in [0.717, 1.165) is 5.56 Å². The van der Waals surface area contributed by atoms with Crippen LogP contribution in [-0.2, 0) is 16.1 Å². The van der Waals surface area contributed by atoms with Crippen molar-refractivity contribution in [2.75, 3.05) is 13.2 Å². The number of Topliss-reactive ketones (excluding diaryl/α,β-unsaturated/α-hetero) is 1. The topological polar surface area (TPSA) is 89.0 Å². The summed E-state index contributed by atoms with van der Waals surface area (Å²) in [5.41, 5.74) is 1.90. The van der Waals surface area contributed by atoms with Gasteiger partial charge in [0, 0.05) is 24.5 Å². The molecular formula is C27H26N2O5. The van der Waals surface area contributed by atoms with Crippen molar-refractivity contribution in [3.63, 3.8) is 0 Å². The summed E-state index contributed by atoms with van der Waals surface area (Å²) in [5, 5.41) is 11.1. The van der Waals surface area contributed by atoms with Crippen molar-refractivity contribution in [1.29, 1.82) is 0 Å². The quantitative estimate of drug-likeness (QED) is 0.304. The fourth-order valence-electron chi connectivity index (χ4n) is 4.07. The fraction of sp³-hybridized carbons (Fsp3) is 0.222. The van der Waals surface area contributed by atoms with E-state index in [1.54, 1.807) is 60.9 Å². The number of rotatable bonds is 8. The van der Waals surface area contributed by atoms with Crippen LogP contribution in [0.25, 0.3) is 5.76 Å². The maximum Gasteiger partial charge on any atom is 0.295 e. The maximum absolute atomic E-state index is 13.2. The van der Waals surface area contributed by atoms with E-state index in [1.807, 2.05) is 26.0 Å². The minimum absolute atomic E-state index is 0.0340. The molecule has 1 N–H and O–H groups in total. The summed E-state index contributed by atoms with van der Waals surface area (Å²) in [4.78, 5) is 32.0. The van der Waals surface area contributed by atoms with Gasteiger partial charge in [-0.3, -0.25) is 14.6 Å². The van der Waals surface area contributed by atoms with Crippen LogP contribution in [-0.4, -0.2) is 39.9 Å². The summed E-state index contributed by atoms with van der Waals surface area (Å²) in [6, 6.07) is 16.9. The summed E-state index contributed by atoms with van der Waals surface area (Å²) in [6.07, 6.45) is 3.29. The molecule has 0 radical (unpaired) electrons. The zero-order valence-corrected chi connectivity index (χ0v) is 19.1. The summed E-state index contributed by atoms with van der Waals surface area (Å²) >= 11 is 0. The second-order valence-corrected chi connectivity index (χ2v) is 7.73. The lowest BCUT2D eigenvalue weighted by Gasteiger charge is -2.26. The molecule has 7 nitrogen and oxygen atoms in total. The predicted octanol–water partition coefficient (Wildman–Crippen LogP) is 4.50. The highest BCUT2D eigenvalue weighted by Crippen LogP contribution is 2.42. The highest BCUT2D eigenvalue weighted by molar-refractivity contribution is 6.46. The number of ketones is 1. The Morgan fingerprint density at radius 2 is 1.71 bits per heavy atom. The molecule has 0 spiro atoms. The van der Waals surface area contributed by atoms with Crippen molar-refractivity contribution in [3.05, 3.63) is 95.3 Å². The second kappa shape index (κ2) is 10.2. The van der Waals surface area contributed by atoms with Gasteiger partial charge >= 0.3 is 0 Å². The van der Waals surface area contributed by atoms with Gasteiger partial charge in [0.2, 0.25) is 0 Å². The van der Waals surface area contributed by atoms with Crippen LogP contribution in [0.1, 0.15) is 36.6 Å². The van der Waals surface area contributed by atoms with Gasteiger partial charge < -0.3 is 19.5 Å². The molecule has 7 heteroatoms. The van der Waals surface area contributed by atoms with Crippen LogP contribution in [0.2, 0.25) is 0 Å². The van der Waals surface area contributed by atoms with E-state index in [4.69, 9.17) is 9.47 Å². The third kappa shape index (κ3) is 4.50. The molecule has 1 saturated heterocycles. The molecule has 0 unspecified atom stereocenters.